The number of carbonyl (C=O) groups excluding carboxylic acids is 2. The Balaban J connectivity index is 1.30. The quantitative estimate of drug-likeness (QED) is 0.600. The second-order valence-corrected chi connectivity index (χ2v) is 8.08. The number of amides is 2. The molecule has 2 N–H and O–H groups in total. The molecule has 0 unspecified atom stereocenters. The van der Waals surface area contributed by atoms with Gasteiger partial charge < -0.3 is 15.5 Å². The van der Waals surface area contributed by atoms with Gasteiger partial charge in [0.15, 0.2) is 0 Å². The van der Waals surface area contributed by atoms with Gasteiger partial charge in [-0.15, -0.1) is 0 Å². The van der Waals surface area contributed by atoms with Crippen LogP contribution in [0.2, 0.25) is 5.02 Å². The molecule has 2 heterocycles. The summed E-state index contributed by atoms with van der Waals surface area (Å²) in [5.41, 5.74) is 2.37. The highest BCUT2D eigenvalue weighted by molar-refractivity contribution is 6.30. The Labute approximate surface area is 191 Å². The maximum absolute atomic E-state index is 12.5. The van der Waals surface area contributed by atoms with E-state index >= 15 is 0 Å². The Morgan fingerprint density at radius 1 is 1.00 bits per heavy atom. The number of nitrogens with zero attached hydrogens (tertiary/aromatic N) is 4. The average molecular weight is 453 g/mol. The topological polar surface area (TPSA) is 82.5 Å². The molecule has 1 fully saturated rings. The summed E-state index contributed by atoms with van der Waals surface area (Å²) < 4.78 is 2.03. The summed E-state index contributed by atoms with van der Waals surface area (Å²) in [5, 5.41) is 6.30. The van der Waals surface area contributed by atoms with Gasteiger partial charge in [0.25, 0.3) is 0 Å². The van der Waals surface area contributed by atoms with Crippen LogP contribution in [-0.4, -0.2) is 59.0 Å². The van der Waals surface area contributed by atoms with Crippen molar-refractivity contribution in [1.29, 1.82) is 0 Å². The van der Waals surface area contributed by atoms with Crippen LogP contribution in [0.4, 0.5) is 17.3 Å². The zero-order valence-electron chi connectivity index (χ0n) is 17.8. The third kappa shape index (κ3) is 5.46. The minimum absolute atomic E-state index is 0.0637. The minimum Gasteiger partial charge on any atom is -0.339 e. The van der Waals surface area contributed by atoms with Crippen molar-refractivity contribution in [2.75, 3.05) is 48.3 Å². The molecule has 1 aromatic heterocycles. The monoisotopic (exact) mass is 452 g/mol. The van der Waals surface area contributed by atoms with Gasteiger partial charge in [-0.25, -0.2) is 4.98 Å². The van der Waals surface area contributed by atoms with Gasteiger partial charge in [0.2, 0.25) is 17.8 Å². The summed E-state index contributed by atoms with van der Waals surface area (Å²) in [6, 6.07) is 14.8. The van der Waals surface area contributed by atoms with E-state index in [1.807, 2.05) is 35.0 Å². The first kappa shape index (κ1) is 21.9. The van der Waals surface area contributed by atoms with Crippen molar-refractivity contribution in [3.05, 3.63) is 65.9 Å². The first-order valence-electron chi connectivity index (χ1n) is 10.4. The molecule has 166 valence electrons. The lowest BCUT2D eigenvalue weighted by Crippen LogP contribution is -2.49. The van der Waals surface area contributed by atoms with Gasteiger partial charge in [-0.05, 0) is 42.5 Å². The molecule has 0 saturated carbocycles. The molecule has 0 atom stereocenters. The summed E-state index contributed by atoms with van der Waals surface area (Å²) in [7, 11) is 0. The molecule has 4 rings (SSSR count). The number of imidazole rings is 1. The molecule has 0 spiro atoms. The van der Waals surface area contributed by atoms with Gasteiger partial charge in [-0.2, -0.15) is 0 Å². The van der Waals surface area contributed by atoms with Crippen LogP contribution in [0.5, 0.6) is 0 Å². The molecule has 0 aliphatic carbocycles. The smallest absolute Gasteiger partial charge is 0.238 e. The van der Waals surface area contributed by atoms with Crippen molar-refractivity contribution in [3.8, 4) is 5.69 Å². The Kier molecular flexibility index (Phi) is 6.72. The zero-order valence-corrected chi connectivity index (χ0v) is 18.5. The fraction of sp³-hybridized carbons (Fsp3) is 0.261. The predicted octanol–water partition coefficient (Wildman–Crippen LogP) is 3.24. The largest absolute Gasteiger partial charge is 0.339 e. The average Bonchev–Trinajstić information content (AvgIpc) is 3.25. The number of benzene rings is 2. The van der Waals surface area contributed by atoms with Gasteiger partial charge in [0.05, 0.1) is 6.54 Å². The number of piperazine rings is 1. The maximum Gasteiger partial charge on any atom is 0.238 e. The van der Waals surface area contributed by atoms with Gasteiger partial charge in [-0.3, -0.25) is 19.1 Å². The van der Waals surface area contributed by atoms with Crippen molar-refractivity contribution in [2.45, 2.75) is 6.92 Å². The summed E-state index contributed by atoms with van der Waals surface area (Å²) >= 11 is 6.14. The number of halogens is 1. The highest BCUT2D eigenvalue weighted by Gasteiger charge is 2.22. The van der Waals surface area contributed by atoms with Crippen molar-refractivity contribution in [3.63, 3.8) is 0 Å². The zero-order chi connectivity index (χ0) is 22.5. The molecule has 1 aliphatic heterocycles. The predicted molar refractivity (Wildman–Crippen MR) is 127 cm³/mol. The van der Waals surface area contributed by atoms with Crippen molar-refractivity contribution in [2.24, 2.45) is 0 Å². The van der Waals surface area contributed by atoms with E-state index in [4.69, 9.17) is 11.6 Å². The molecule has 0 radical (unpaired) electrons. The normalized spacial score (nSPS) is 14.2. The number of hydrogen-bond donors (Lipinski definition) is 2. The highest BCUT2D eigenvalue weighted by atomic mass is 35.5. The second kappa shape index (κ2) is 9.84. The summed E-state index contributed by atoms with van der Waals surface area (Å²) in [6.45, 7) is 4.85. The lowest BCUT2D eigenvalue weighted by molar-refractivity contribution is -0.117. The standard InChI is InChI=1S/C23H25ClN6O2/c1-17(31)26-19-5-7-20(8-6-19)27-22(32)16-28-11-13-29(14-12-28)23-25-9-10-30(23)21-4-2-3-18(24)15-21/h2-10,15H,11-14,16H2,1H3,(H,26,31)(H,27,32). The van der Waals surface area contributed by atoms with E-state index in [-0.39, 0.29) is 11.8 Å². The molecular formula is C23H25ClN6O2. The number of aromatic nitrogens is 2. The van der Waals surface area contributed by atoms with Gasteiger partial charge >= 0.3 is 0 Å². The fourth-order valence-corrected chi connectivity index (χ4v) is 3.89. The fourth-order valence-electron chi connectivity index (χ4n) is 3.71. The lowest BCUT2D eigenvalue weighted by atomic mass is 10.2. The SMILES string of the molecule is CC(=O)Nc1ccc(NC(=O)CN2CCN(c3nccn3-c3cccc(Cl)c3)CC2)cc1. The molecule has 1 aliphatic rings. The number of anilines is 3. The molecule has 9 heteroatoms. The van der Waals surface area contributed by atoms with Gasteiger partial charge in [-0.1, -0.05) is 17.7 Å². The molecular weight excluding hydrogens is 428 g/mol. The first-order chi connectivity index (χ1) is 15.5. The molecule has 1 saturated heterocycles. The van der Waals surface area contributed by atoms with Crippen LogP contribution in [0, 0.1) is 0 Å². The third-order valence-electron chi connectivity index (χ3n) is 5.22. The van der Waals surface area contributed by atoms with Gasteiger partial charge in [0, 0.05) is 67.6 Å². The van der Waals surface area contributed by atoms with Crippen molar-refractivity contribution < 1.29 is 9.59 Å². The Bertz CT molecular complexity index is 1090. The summed E-state index contributed by atoms with van der Waals surface area (Å²) in [6.07, 6.45) is 3.71. The van der Waals surface area contributed by atoms with Crippen LogP contribution in [0.25, 0.3) is 5.69 Å². The van der Waals surface area contributed by atoms with Crippen molar-refractivity contribution >= 4 is 40.7 Å². The van der Waals surface area contributed by atoms with E-state index in [1.165, 1.54) is 6.92 Å². The number of rotatable bonds is 6. The van der Waals surface area contributed by atoms with Crippen LogP contribution in [0.1, 0.15) is 6.92 Å². The lowest BCUT2D eigenvalue weighted by Gasteiger charge is -2.35. The van der Waals surface area contributed by atoms with Crippen molar-refractivity contribution in [1.82, 2.24) is 14.5 Å². The van der Waals surface area contributed by atoms with Crippen LogP contribution < -0.4 is 15.5 Å². The van der Waals surface area contributed by atoms with Crippen LogP contribution in [-0.2, 0) is 9.59 Å². The number of nitrogens with one attached hydrogen (secondary N) is 2. The Hall–Kier alpha value is -3.36. The summed E-state index contributed by atoms with van der Waals surface area (Å²) in [5.74, 6) is 0.678. The first-order valence-corrected chi connectivity index (χ1v) is 10.8. The van der Waals surface area contributed by atoms with E-state index < -0.39 is 0 Å². The van der Waals surface area contributed by atoms with E-state index in [9.17, 15) is 9.59 Å². The van der Waals surface area contributed by atoms with E-state index in [2.05, 4.69) is 25.4 Å². The Morgan fingerprint density at radius 3 is 2.34 bits per heavy atom. The van der Waals surface area contributed by atoms with E-state index in [0.717, 1.165) is 37.8 Å². The highest BCUT2D eigenvalue weighted by Crippen LogP contribution is 2.22. The number of hydrogen-bond acceptors (Lipinski definition) is 5. The maximum atomic E-state index is 12.5. The van der Waals surface area contributed by atoms with Crippen LogP contribution in [0.15, 0.2) is 60.9 Å². The molecule has 2 amide bonds. The molecule has 8 nitrogen and oxygen atoms in total. The Morgan fingerprint density at radius 2 is 1.69 bits per heavy atom. The van der Waals surface area contributed by atoms with Crippen LogP contribution >= 0.6 is 11.6 Å². The van der Waals surface area contributed by atoms with E-state index in [1.54, 1.807) is 30.5 Å². The molecule has 0 bridgehead atoms. The van der Waals surface area contributed by atoms with Gasteiger partial charge in [0.1, 0.15) is 0 Å². The number of carbonyl (C=O) groups is 2. The molecule has 2 aromatic carbocycles. The summed E-state index contributed by atoms with van der Waals surface area (Å²) in [4.78, 5) is 32.4. The molecule has 3 aromatic rings. The second-order valence-electron chi connectivity index (χ2n) is 7.65. The van der Waals surface area contributed by atoms with E-state index in [0.29, 0.717) is 22.9 Å². The molecule has 32 heavy (non-hydrogen) atoms. The third-order valence-corrected chi connectivity index (χ3v) is 5.45. The minimum atomic E-state index is -0.129. The van der Waals surface area contributed by atoms with Crippen LogP contribution in [0.3, 0.4) is 0 Å².